The second-order valence-electron chi connectivity index (χ2n) is 1.62. The van der Waals surface area contributed by atoms with E-state index in [1.807, 2.05) is 37.4 Å². The normalized spacial score (nSPS) is 7.67. The predicted molar refractivity (Wildman–Crippen MR) is 37.1 cm³/mol. The van der Waals surface area contributed by atoms with E-state index in [1.54, 1.807) is 0 Å². The summed E-state index contributed by atoms with van der Waals surface area (Å²) in [4.78, 5) is 0. The number of rotatable bonds is 1. The van der Waals surface area contributed by atoms with E-state index in [0.29, 0.717) is 0 Å². The summed E-state index contributed by atoms with van der Waals surface area (Å²) in [5.41, 5.74) is 1.16. The summed E-state index contributed by atoms with van der Waals surface area (Å²) in [5, 5.41) is 3.03. The van der Waals surface area contributed by atoms with Crippen molar-refractivity contribution in [3.63, 3.8) is 0 Å². The van der Waals surface area contributed by atoms with Gasteiger partial charge in [-0.2, -0.15) is 0 Å². The molecule has 0 atom stereocenters. The van der Waals surface area contributed by atoms with Crippen LogP contribution in [-0.2, 0) is 0 Å². The Morgan fingerprint density at radius 1 is 1.22 bits per heavy atom. The van der Waals surface area contributed by atoms with E-state index < -0.39 is 0 Å². The first-order chi connectivity index (χ1) is 3.93. The van der Waals surface area contributed by atoms with Gasteiger partial charge in [0.15, 0.2) is 0 Å². The minimum atomic E-state index is 0. The molecule has 0 saturated heterocycles. The van der Waals surface area contributed by atoms with Crippen molar-refractivity contribution in [2.24, 2.45) is 0 Å². The molecule has 0 bridgehead atoms. The summed E-state index contributed by atoms with van der Waals surface area (Å²) in [6.07, 6.45) is 0. The third kappa shape index (κ3) is 3.38. The van der Waals surface area contributed by atoms with Gasteiger partial charge in [0, 0.05) is 12.7 Å². The van der Waals surface area contributed by atoms with E-state index in [1.165, 1.54) is 0 Å². The Morgan fingerprint density at radius 2 is 1.78 bits per heavy atom. The molecule has 1 rings (SSSR count). The molecule has 0 saturated carbocycles. The average molecular weight is 147 g/mol. The van der Waals surface area contributed by atoms with Gasteiger partial charge in [-0.3, -0.25) is 0 Å². The Kier molecular flexibility index (Phi) is 5.84. The maximum absolute atomic E-state index is 3.03. The summed E-state index contributed by atoms with van der Waals surface area (Å²) >= 11 is 0. The minimum Gasteiger partial charge on any atom is -1.00 e. The Hall–Kier alpha value is 0.656. The van der Waals surface area contributed by atoms with E-state index in [9.17, 15) is 0 Å². The van der Waals surface area contributed by atoms with E-state index in [-0.39, 0.29) is 52.8 Å². The van der Waals surface area contributed by atoms with Crippen molar-refractivity contribution >= 4 is 5.69 Å². The third-order valence-electron chi connectivity index (χ3n) is 1.06. The topological polar surface area (TPSA) is 12.0 Å². The largest absolute Gasteiger partial charge is 1.00 e. The maximum Gasteiger partial charge on any atom is 1.00 e. The fraction of sp³-hybridized carbons (Fsp3) is 0.143. The van der Waals surface area contributed by atoms with Crippen LogP contribution >= 0.6 is 0 Å². The van der Waals surface area contributed by atoms with E-state index in [0.717, 1.165) is 5.69 Å². The third-order valence-corrected chi connectivity index (χ3v) is 1.06. The van der Waals surface area contributed by atoms with Crippen molar-refractivity contribution in [3.8, 4) is 0 Å². The van der Waals surface area contributed by atoms with Crippen LogP contribution in [0, 0.1) is 0 Å². The van der Waals surface area contributed by atoms with Gasteiger partial charge >= 0.3 is 51.4 Å². The van der Waals surface area contributed by atoms with Gasteiger partial charge in [0.25, 0.3) is 0 Å². The van der Waals surface area contributed by atoms with Crippen molar-refractivity contribution in [2.45, 2.75) is 0 Å². The molecule has 1 aromatic carbocycles. The molecule has 0 aliphatic heterocycles. The molecule has 1 nitrogen and oxygen atoms in total. The number of nitrogens with one attached hydrogen (secondary N) is 1. The van der Waals surface area contributed by atoms with Gasteiger partial charge in [-0.25, -0.2) is 0 Å². The zero-order chi connectivity index (χ0) is 5.82. The first-order valence-electron chi connectivity index (χ1n) is 2.66. The molecule has 0 heterocycles. The van der Waals surface area contributed by atoms with Gasteiger partial charge in [0.1, 0.15) is 0 Å². The molecule has 44 valence electrons. The van der Waals surface area contributed by atoms with Crippen molar-refractivity contribution in [1.82, 2.24) is 0 Å². The molecule has 0 spiro atoms. The number of benzene rings is 1. The SMILES string of the molecule is CNc1ccccc1.[H-].[K+]. The summed E-state index contributed by atoms with van der Waals surface area (Å²) in [7, 11) is 1.91. The molecule has 0 fully saturated rings. The molecule has 9 heavy (non-hydrogen) atoms. The number of hydrogen-bond acceptors (Lipinski definition) is 1. The van der Waals surface area contributed by atoms with E-state index >= 15 is 0 Å². The summed E-state index contributed by atoms with van der Waals surface area (Å²) in [6, 6.07) is 10.1. The fourth-order valence-electron chi connectivity index (χ4n) is 0.605. The maximum atomic E-state index is 3.03. The summed E-state index contributed by atoms with van der Waals surface area (Å²) in [5.74, 6) is 0. The van der Waals surface area contributed by atoms with Crippen LogP contribution in [0.5, 0.6) is 0 Å². The van der Waals surface area contributed by atoms with E-state index in [2.05, 4.69) is 5.32 Å². The molecule has 2 heteroatoms. The number of para-hydroxylation sites is 1. The van der Waals surface area contributed by atoms with Crippen LogP contribution in [-0.4, -0.2) is 7.05 Å². The zero-order valence-electron chi connectivity index (χ0n) is 6.89. The molecule has 0 amide bonds. The van der Waals surface area contributed by atoms with Crippen LogP contribution in [0.25, 0.3) is 0 Å². The Bertz CT molecular complexity index is 155. The molecule has 0 aliphatic rings. The molecular weight excluding hydrogens is 137 g/mol. The Labute approximate surface area is 99.8 Å². The van der Waals surface area contributed by atoms with Crippen LogP contribution in [0.15, 0.2) is 30.3 Å². The van der Waals surface area contributed by atoms with Crippen molar-refractivity contribution in [3.05, 3.63) is 30.3 Å². The van der Waals surface area contributed by atoms with Crippen LogP contribution in [0.4, 0.5) is 5.69 Å². The molecule has 1 N–H and O–H groups in total. The number of anilines is 1. The molecule has 0 aromatic heterocycles. The monoisotopic (exact) mass is 147 g/mol. The molecular formula is C7H10KN. The van der Waals surface area contributed by atoms with Crippen LogP contribution < -0.4 is 56.7 Å². The number of hydrogen-bond donors (Lipinski definition) is 1. The quantitative estimate of drug-likeness (QED) is 0.494. The average Bonchev–Trinajstić information content (AvgIpc) is 1.90. The first-order valence-corrected chi connectivity index (χ1v) is 2.66. The Morgan fingerprint density at radius 3 is 2.11 bits per heavy atom. The summed E-state index contributed by atoms with van der Waals surface area (Å²) in [6.45, 7) is 0. The first kappa shape index (κ1) is 9.66. The van der Waals surface area contributed by atoms with Crippen molar-refractivity contribution in [1.29, 1.82) is 0 Å². The van der Waals surface area contributed by atoms with Gasteiger partial charge in [0.2, 0.25) is 0 Å². The second kappa shape index (κ2) is 5.44. The predicted octanol–water partition coefficient (Wildman–Crippen LogP) is -1.16. The molecule has 1 aromatic rings. The van der Waals surface area contributed by atoms with Crippen molar-refractivity contribution in [2.75, 3.05) is 12.4 Å². The second-order valence-corrected chi connectivity index (χ2v) is 1.62. The zero-order valence-corrected chi connectivity index (χ0v) is 9.01. The molecule has 0 aliphatic carbocycles. The van der Waals surface area contributed by atoms with Gasteiger partial charge in [-0.15, -0.1) is 0 Å². The van der Waals surface area contributed by atoms with Crippen LogP contribution in [0.3, 0.4) is 0 Å². The minimum absolute atomic E-state index is 0. The molecule has 0 unspecified atom stereocenters. The smallest absolute Gasteiger partial charge is 1.00 e. The molecule has 0 radical (unpaired) electrons. The van der Waals surface area contributed by atoms with Gasteiger partial charge in [-0.05, 0) is 12.1 Å². The van der Waals surface area contributed by atoms with Crippen LogP contribution in [0.2, 0.25) is 0 Å². The van der Waals surface area contributed by atoms with Gasteiger partial charge < -0.3 is 6.74 Å². The van der Waals surface area contributed by atoms with Gasteiger partial charge in [-0.1, -0.05) is 18.2 Å². The summed E-state index contributed by atoms with van der Waals surface area (Å²) < 4.78 is 0. The Balaban J connectivity index is 0. The van der Waals surface area contributed by atoms with E-state index in [4.69, 9.17) is 0 Å². The van der Waals surface area contributed by atoms with Crippen LogP contribution in [0.1, 0.15) is 1.43 Å². The fourth-order valence-corrected chi connectivity index (χ4v) is 0.605. The van der Waals surface area contributed by atoms with Crippen molar-refractivity contribution < 1.29 is 52.8 Å². The van der Waals surface area contributed by atoms with Gasteiger partial charge in [0.05, 0.1) is 0 Å². The standard InChI is InChI=1S/C7H9N.K.H/c1-8-7-5-3-2-4-6-7;;/h2-6,8H,1H3;;/q;+1;-1.